The highest BCUT2D eigenvalue weighted by Gasteiger charge is 2.14. The van der Waals surface area contributed by atoms with Gasteiger partial charge in [-0.25, -0.2) is 0 Å². The van der Waals surface area contributed by atoms with Crippen molar-refractivity contribution >= 4 is 32.7 Å². The summed E-state index contributed by atoms with van der Waals surface area (Å²) in [5.41, 5.74) is 8.22. The van der Waals surface area contributed by atoms with E-state index in [0.29, 0.717) is 5.92 Å². The predicted octanol–water partition coefficient (Wildman–Crippen LogP) is 9.20. The molecule has 1 aromatic heterocycles. The van der Waals surface area contributed by atoms with Crippen LogP contribution in [0.25, 0.3) is 55.0 Å². The zero-order valence-electron chi connectivity index (χ0n) is 18.3. The monoisotopic (exact) mass is 412 g/mol. The van der Waals surface area contributed by atoms with Gasteiger partial charge >= 0.3 is 0 Å². The van der Waals surface area contributed by atoms with E-state index in [2.05, 4.69) is 105 Å². The number of fused-ring (bicyclic) bond motifs is 5. The number of para-hydroxylation sites is 1. The van der Waals surface area contributed by atoms with Gasteiger partial charge in [0.25, 0.3) is 0 Å². The molecule has 6 rings (SSSR count). The first kappa shape index (κ1) is 18.9. The molecule has 0 fully saturated rings. The van der Waals surface area contributed by atoms with Crippen molar-refractivity contribution in [3.63, 3.8) is 0 Å². The van der Waals surface area contributed by atoms with Crippen molar-refractivity contribution in [1.29, 1.82) is 0 Å². The number of hydrogen-bond donors (Lipinski definition) is 0. The minimum absolute atomic E-state index is 0.550. The molecule has 0 bridgehead atoms. The lowest BCUT2D eigenvalue weighted by molar-refractivity contribution is 0.672. The topological polar surface area (TPSA) is 13.1 Å². The Morgan fingerprint density at radius 1 is 0.531 bits per heavy atom. The van der Waals surface area contributed by atoms with Crippen LogP contribution >= 0.6 is 0 Å². The molecule has 0 atom stereocenters. The van der Waals surface area contributed by atoms with E-state index in [0.717, 1.165) is 21.9 Å². The number of rotatable bonds is 3. The van der Waals surface area contributed by atoms with Crippen molar-refractivity contribution in [1.82, 2.24) is 0 Å². The summed E-state index contributed by atoms with van der Waals surface area (Å²) in [7, 11) is 0. The Labute approximate surface area is 187 Å². The van der Waals surface area contributed by atoms with Gasteiger partial charge in [0.05, 0.1) is 0 Å². The summed E-state index contributed by atoms with van der Waals surface area (Å²) in [5.74, 6) is 0.550. The van der Waals surface area contributed by atoms with Crippen LogP contribution in [0.5, 0.6) is 0 Å². The first-order valence-corrected chi connectivity index (χ1v) is 11.2. The molecule has 154 valence electrons. The summed E-state index contributed by atoms with van der Waals surface area (Å²) in [6.07, 6.45) is 0. The lowest BCUT2D eigenvalue weighted by Gasteiger charge is -2.10. The van der Waals surface area contributed by atoms with Gasteiger partial charge in [0, 0.05) is 16.2 Å². The molecule has 0 N–H and O–H groups in total. The van der Waals surface area contributed by atoms with Gasteiger partial charge < -0.3 is 4.42 Å². The van der Waals surface area contributed by atoms with Gasteiger partial charge in [0.2, 0.25) is 0 Å². The second kappa shape index (κ2) is 7.39. The average molecular weight is 413 g/mol. The standard InChI is InChI=1S/C31H24O/c1-20(2)21-11-13-22(14-12-21)23-15-17-24(18-16-23)28-19-29-26-8-5-6-10-30(26)32-31(29)27-9-4-3-7-25(27)28/h3-20H,1-2H3. The molecule has 0 unspecified atom stereocenters. The van der Waals surface area contributed by atoms with Crippen molar-refractivity contribution in [2.75, 3.05) is 0 Å². The third kappa shape index (κ3) is 3.01. The fourth-order valence-corrected chi connectivity index (χ4v) is 4.69. The van der Waals surface area contributed by atoms with Crippen LogP contribution in [0.1, 0.15) is 25.3 Å². The summed E-state index contributed by atoms with van der Waals surface area (Å²) >= 11 is 0. The molecular weight excluding hydrogens is 388 g/mol. The Balaban J connectivity index is 1.50. The minimum Gasteiger partial charge on any atom is -0.455 e. The number of hydrogen-bond acceptors (Lipinski definition) is 1. The summed E-state index contributed by atoms with van der Waals surface area (Å²) < 4.78 is 6.26. The van der Waals surface area contributed by atoms with Crippen LogP contribution in [0.4, 0.5) is 0 Å². The van der Waals surface area contributed by atoms with E-state index in [-0.39, 0.29) is 0 Å². The Morgan fingerprint density at radius 3 is 1.78 bits per heavy atom. The van der Waals surface area contributed by atoms with Gasteiger partial charge in [-0.3, -0.25) is 0 Å². The van der Waals surface area contributed by atoms with Crippen LogP contribution in [-0.2, 0) is 0 Å². The zero-order chi connectivity index (χ0) is 21.7. The van der Waals surface area contributed by atoms with Crippen LogP contribution in [0.2, 0.25) is 0 Å². The molecule has 1 nitrogen and oxygen atoms in total. The molecule has 0 saturated carbocycles. The van der Waals surface area contributed by atoms with Crippen LogP contribution in [0.3, 0.4) is 0 Å². The molecule has 1 heteroatoms. The van der Waals surface area contributed by atoms with Crippen molar-refractivity contribution in [2.45, 2.75) is 19.8 Å². The highest BCUT2D eigenvalue weighted by molar-refractivity contribution is 6.19. The largest absolute Gasteiger partial charge is 0.455 e. The highest BCUT2D eigenvalue weighted by atomic mass is 16.3. The summed E-state index contributed by atoms with van der Waals surface area (Å²) in [6, 6.07) is 37.0. The molecule has 0 aliphatic rings. The fourth-order valence-electron chi connectivity index (χ4n) is 4.69. The maximum absolute atomic E-state index is 6.26. The molecular formula is C31H24O. The van der Waals surface area contributed by atoms with E-state index in [1.807, 2.05) is 12.1 Å². The highest BCUT2D eigenvalue weighted by Crippen LogP contribution is 2.40. The maximum Gasteiger partial charge on any atom is 0.143 e. The average Bonchev–Trinajstić information content (AvgIpc) is 3.23. The van der Waals surface area contributed by atoms with Gasteiger partial charge in [-0.1, -0.05) is 105 Å². The summed E-state index contributed by atoms with van der Waals surface area (Å²) in [4.78, 5) is 0. The molecule has 5 aromatic carbocycles. The fraction of sp³-hybridized carbons (Fsp3) is 0.0968. The Bertz CT molecular complexity index is 1570. The second-order valence-electron chi connectivity index (χ2n) is 8.80. The number of furan rings is 1. The summed E-state index contributed by atoms with van der Waals surface area (Å²) in [5, 5.41) is 4.71. The van der Waals surface area contributed by atoms with Gasteiger partial charge in [0.15, 0.2) is 0 Å². The van der Waals surface area contributed by atoms with Gasteiger partial charge in [-0.05, 0) is 51.3 Å². The van der Waals surface area contributed by atoms with Gasteiger partial charge in [-0.15, -0.1) is 0 Å². The molecule has 1 heterocycles. The van der Waals surface area contributed by atoms with E-state index in [4.69, 9.17) is 4.42 Å². The molecule has 0 aliphatic heterocycles. The lowest BCUT2D eigenvalue weighted by Crippen LogP contribution is -1.87. The SMILES string of the molecule is CC(C)c1ccc(-c2ccc(-c3cc4c5ccccc5oc4c4ccccc34)cc2)cc1. The number of benzene rings is 5. The smallest absolute Gasteiger partial charge is 0.143 e. The van der Waals surface area contributed by atoms with E-state index < -0.39 is 0 Å². The Hall–Kier alpha value is -3.84. The predicted molar refractivity (Wildman–Crippen MR) is 136 cm³/mol. The summed E-state index contributed by atoms with van der Waals surface area (Å²) in [6.45, 7) is 4.46. The van der Waals surface area contributed by atoms with Crippen LogP contribution < -0.4 is 0 Å². The first-order chi connectivity index (χ1) is 15.7. The third-order valence-corrected chi connectivity index (χ3v) is 6.49. The zero-order valence-corrected chi connectivity index (χ0v) is 18.3. The second-order valence-corrected chi connectivity index (χ2v) is 8.80. The van der Waals surface area contributed by atoms with E-state index in [9.17, 15) is 0 Å². The van der Waals surface area contributed by atoms with E-state index in [1.165, 1.54) is 38.6 Å². The molecule has 0 aliphatic carbocycles. The van der Waals surface area contributed by atoms with Gasteiger partial charge in [0.1, 0.15) is 11.2 Å². The van der Waals surface area contributed by atoms with Crippen LogP contribution in [0.15, 0.2) is 108 Å². The molecule has 0 radical (unpaired) electrons. The van der Waals surface area contributed by atoms with Crippen LogP contribution in [0, 0.1) is 0 Å². The molecule has 0 amide bonds. The quantitative estimate of drug-likeness (QED) is 0.282. The van der Waals surface area contributed by atoms with E-state index >= 15 is 0 Å². The van der Waals surface area contributed by atoms with Crippen LogP contribution in [-0.4, -0.2) is 0 Å². The first-order valence-electron chi connectivity index (χ1n) is 11.2. The molecule has 0 spiro atoms. The molecule has 0 saturated heterocycles. The lowest BCUT2D eigenvalue weighted by atomic mass is 9.93. The Kier molecular flexibility index (Phi) is 4.36. The molecule has 32 heavy (non-hydrogen) atoms. The van der Waals surface area contributed by atoms with Crippen molar-refractivity contribution in [2.24, 2.45) is 0 Å². The normalized spacial score (nSPS) is 11.7. The Morgan fingerprint density at radius 2 is 1.09 bits per heavy atom. The molecule has 6 aromatic rings. The third-order valence-electron chi connectivity index (χ3n) is 6.49. The van der Waals surface area contributed by atoms with Crippen molar-refractivity contribution in [3.8, 4) is 22.3 Å². The van der Waals surface area contributed by atoms with Crippen molar-refractivity contribution < 1.29 is 4.42 Å². The van der Waals surface area contributed by atoms with Gasteiger partial charge in [-0.2, -0.15) is 0 Å². The van der Waals surface area contributed by atoms with Crippen molar-refractivity contribution in [3.05, 3.63) is 109 Å². The maximum atomic E-state index is 6.26. The minimum atomic E-state index is 0.550. The van der Waals surface area contributed by atoms with E-state index in [1.54, 1.807) is 0 Å².